The lowest BCUT2D eigenvalue weighted by molar-refractivity contribution is 0.0695. The fraction of sp³-hybridized carbons (Fsp3) is 0.296. The first-order valence-corrected chi connectivity index (χ1v) is 12.3. The van der Waals surface area contributed by atoms with Crippen molar-refractivity contribution in [1.82, 2.24) is 14.9 Å². The van der Waals surface area contributed by atoms with Crippen molar-refractivity contribution in [3.8, 4) is 0 Å². The lowest BCUT2D eigenvalue weighted by Gasteiger charge is -2.32. The zero-order valence-electron chi connectivity index (χ0n) is 19.1. The summed E-state index contributed by atoms with van der Waals surface area (Å²) >= 11 is 1.49. The molecular weight excluding hydrogens is 428 g/mol. The molecule has 0 spiro atoms. The molecule has 0 N–H and O–H groups in total. The molecule has 0 bridgehead atoms. The molecule has 0 unspecified atom stereocenters. The van der Waals surface area contributed by atoms with Gasteiger partial charge in [-0.1, -0.05) is 48.5 Å². The summed E-state index contributed by atoms with van der Waals surface area (Å²) in [6, 6.07) is 20.8. The Labute approximate surface area is 198 Å². The maximum atomic E-state index is 13.5. The number of aromatic nitrogens is 2. The van der Waals surface area contributed by atoms with Crippen molar-refractivity contribution in [3.05, 3.63) is 83.0 Å². The van der Waals surface area contributed by atoms with Crippen molar-refractivity contribution in [1.29, 1.82) is 0 Å². The molecule has 1 aliphatic heterocycles. The molecule has 0 aliphatic carbocycles. The van der Waals surface area contributed by atoms with Crippen LogP contribution in [0.2, 0.25) is 0 Å². The highest BCUT2D eigenvalue weighted by Crippen LogP contribution is 2.37. The standard InChI is InChI=1S/C27H28N4OS/c1-19-23-25(30(2)22-11-7-4-8-12-22)28-18-29-26(23)33-24(19)27(32)31-15-13-21(14-16-31)17-20-9-5-3-6-10-20/h3-12,18,21H,13-17H2,1-2H3. The first-order valence-electron chi connectivity index (χ1n) is 11.5. The van der Waals surface area contributed by atoms with Gasteiger partial charge in [0.05, 0.1) is 10.3 Å². The second-order valence-electron chi connectivity index (χ2n) is 8.75. The number of likely N-dealkylation sites (tertiary alicyclic amines) is 1. The average Bonchev–Trinajstić information content (AvgIpc) is 3.21. The molecule has 2 aromatic carbocycles. The molecule has 33 heavy (non-hydrogen) atoms. The number of carbonyl (C=O) groups excluding carboxylic acids is 1. The Morgan fingerprint density at radius 3 is 2.39 bits per heavy atom. The van der Waals surface area contributed by atoms with Gasteiger partial charge in [-0.25, -0.2) is 9.97 Å². The van der Waals surface area contributed by atoms with Crippen molar-refractivity contribution in [2.45, 2.75) is 26.2 Å². The van der Waals surface area contributed by atoms with Crippen LogP contribution >= 0.6 is 11.3 Å². The first kappa shape index (κ1) is 21.6. The van der Waals surface area contributed by atoms with Crippen molar-refractivity contribution in [2.24, 2.45) is 5.92 Å². The van der Waals surface area contributed by atoms with Crippen LogP contribution in [-0.4, -0.2) is 40.9 Å². The van der Waals surface area contributed by atoms with Gasteiger partial charge in [-0.3, -0.25) is 4.79 Å². The van der Waals surface area contributed by atoms with Crippen LogP contribution in [-0.2, 0) is 6.42 Å². The Bertz CT molecular complexity index is 1250. The van der Waals surface area contributed by atoms with E-state index in [-0.39, 0.29) is 5.91 Å². The number of benzene rings is 2. The van der Waals surface area contributed by atoms with Crippen LogP contribution in [0.25, 0.3) is 10.2 Å². The van der Waals surface area contributed by atoms with Crippen LogP contribution in [0.15, 0.2) is 67.0 Å². The van der Waals surface area contributed by atoms with Gasteiger partial charge >= 0.3 is 0 Å². The summed E-state index contributed by atoms with van der Waals surface area (Å²) in [6.45, 7) is 3.65. The van der Waals surface area contributed by atoms with Gasteiger partial charge in [0.25, 0.3) is 5.91 Å². The SMILES string of the molecule is Cc1c(C(=O)N2CCC(Cc3ccccc3)CC2)sc2ncnc(N(C)c3ccccc3)c12. The number of piperidine rings is 1. The van der Waals surface area contributed by atoms with Crippen molar-refractivity contribution >= 4 is 39.0 Å². The normalized spacial score (nSPS) is 14.5. The van der Waals surface area contributed by atoms with Gasteiger partial charge in [0.15, 0.2) is 0 Å². The third kappa shape index (κ3) is 4.35. The van der Waals surface area contributed by atoms with Gasteiger partial charge in [-0.15, -0.1) is 11.3 Å². The summed E-state index contributed by atoms with van der Waals surface area (Å²) in [6.07, 6.45) is 4.78. The molecule has 0 atom stereocenters. The molecule has 1 fully saturated rings. The number of nitrogens with zero attached hydrogens (tertiary/aromatic N) is 4. The monoisotopic (exact) mass is 456 g/mol. The highest BCUT2D eigenvalue weighted by Gasteiger charge is 2.28. The van der Waals surface area contributed by atoms with Gasteiger partial charge in [0.1, 0.15) is 17.0 Å². The van der Waals surface area contributed by atoms with E-state index in [4.69, 9.17) is 0 Å². The zero-order chi connectivity index (χ0) is 22.8. The van der Waals surface area contributed by atoms with E-state index in [2.05, 4.69) is 57.3 Å². The Balaban J connectivity index is 1.35. The molecule has 1 amide bonds. The quantitative estimate of drug-likeness (QED) is 0.377. The molecule has 2 aromatic heterocycles. The van der Waals surface area contributed by atoms with Crippen molar-refractivity contribution < 1.29 is 4.79 Å². The summed E-state index contributed by atoms with van der Waals surface area (Å²) < 4.78 is 0. The molecule has 5 nitrogen and oxygen atoms in total. The number of rotatable bonds is 5. The second kappa shape index (κ2) is 9.32. The number of aryl methyl sites for hydroxylation is 1. The Hall–Kier alpha value is -3.25. The molecule has 0 saturated carbocycles. The third-order valence-corrected chi connectivity index (χ3v) is 7.82. The highest BCUT2D eigenvalue weighted by molar-refractivity contribution is 7.20. The van der Waals surface area contributed by atoms with E-state index >= 15 is 0 Å². The lowest BCUT2D eigenvalue weighted by atomic mass is 9.90. The minimum absolute atomic E-state index is 0.127. The number of carbonyl (C=O) groups is 1. The third-order valence-electron chi connectivity index (χ3n) is 6.63. The molecule has 5 rings (SSSR count). The lowest BCUT2D eigenvalue weighted by Crippen LogP contribution is -2.38. The summed E-state index contributed by atoms with van der Waals surface area (Å²) in [5.41, 5.74) is 3.41. The van der Waals surface area contributed by atoms with Gasteiger partial charge < -0.3 is 9.80 Å². The summed E-state index contributed by atoms with van der Waals surface area (Å²) in [4.78, 5) is 28.3. The van der Waals surface area contributed by atoms with E-state index in [9.17, 15) is 4.79 Å². The van der Waals surface area contributed by atoms with E-state index < -0.39 is 0 Å². The summed E-state index contributed by atoms with van der Waals surface area (Å²) in [5.74, 6) is 1.60. The van der Waals surface area contributed by atoms with E-state index in [0.29, 0.717) is 5.92 Å². The maximum absolute atomic E-state index is 13.5. The van der Waals surface area contributed by atoms with E-state index in [1.807, 2.05) is 37.1 Å². The largest absolute Gasteiger partial charge is 0.338 e. The fourth-order valence-corrected chi connectivity index (χ4v) is 5.83. The van der Waals surface area contributed by atoms with Gasteiger partial charge in [0.2, 0.25) is 0 Å². The van der Waals surface area contributed by atoms with Crippen molar-refractivity contribution in [2.75, 3.05) is 25.0 Å². The number of hydrogen-bond acceptors (Lipinski definition) is 5. The summed E-state index contributed by atoms with van der Waals surface area (Å²) in [7, 11) is 2.01. The van der Waals surface area contributed by atoms with Crippen molar-refractivity contribution in [3.63, 3.8) is 0 Å². The molecule has 0 radical (unpaired) electrons. The molecule has 4 aromatic rings. The van der Waals surface area contributed by atoms with Crippen LogP contribution in [0.1, 0.15) is 33.6 Å². The van der Waals surface area contributed by atoms with Gasteiger partial charge in [-0.2, -0.15) is 0 Å². The minimum atomic E-state index is 0.127. The average molecular weight is 457 g/mol. The maximum Gasteiger partial charge on any atom is 0.264 e. The molecular formula is C27H28N4OS. The molecule has 1 aliphatic rings. The molecule has 3 heterocycles. The molecule has 6 heteroatoms. The molecule has 168 valence electrons. The van der Waals surface area contributed by atoms with E-state index in [1.54, 1.807) is 6.33 Å². The topological polar surface area (TPSA) is 49.3 Å². The minimum Gasteiger partial charge on any atom is -0.338 e. The van der Waals surface area contributed by atoms with Crippen LogP contribution in [0, 0.1) is 12.8 Å². The first-order chi connectivity index (χ1) is 16.1. The predicted octanol–water partition coefficient (Wildman–Crippen LogP) is 5.86. The number of para-hydroxylation sites is 1. The van der Waals surface area contributed by atoms with Crippen LogP contribution in [0.5, 0.6) is 0 Å². The number of thiophene rings is 1. The Morgan fingerprint density at radius 1 is 1.03 bits per heavy atom. The van der Waals surface area contributed by atoms with Crippen LogP contribution < -0.4 is 4.90 Å². The van der Waals surface area contributed by atoms with E-state index in [1.165, 1.54) is 16.9 Å². The van der Waals surface area contributed by atoms with Gasteiger partial charge in [0, 0.05) is 25.8 Å². The molecule has 1 saturated heterocycles. The van der Waals surface area contributed by atoms with Crippen LogP contribution in [0.3, 0.4) is 0 Å². The highest BCUT2D eigenvalue weighted by atomic mass is 32.1. The van der Waals surface area contributed by atoms with Crippen LogP contribution in [0.4, 0.5) is 11.5 Å². The predicted molar refractivity (Wildman–Crippen MR) is 135 cm³/mol. The fourth-order valence-electron chi connectivity index (χ4n) is 4.72. The number of hydrogen-bond donors (Lipinski definition) is 0. The van der Waals surface area contributed by atoms with E-state index in [0.717, 1.165) is 64.5 Å². The Kier molecular flexibility index (Phi) is 6.09. The Morgan fingerprint density at radius 2 is 1.70 bits per heavy atom. The second-order valence-corrected chi connectivity index (χ2v) is 9.75. The zero-order valence-corrected chi connectivity index (χ0v) is 19.9. The summed E-state index contributed by atoms with van der Waals surface area (Å²) in [5, 5.41) is 0.969. The number of anilines is 2. The number of amides is 1. The number of fused-ring (bicyclic) bond motifs is 1. The van der Waals surface area contributed by atoms with Gasteiger partial charge in [-0.05, 0) is 55.4 Å². The smallest absolute Gasteiger partial charge is 0.264 e.